The average molecular weight is 1030 g/mol. The number of anilines is 3. The monoisotopic (exact) mass is 1030 g/mol. The Morgan fingerprint density at radius 2 is 1.44 bits per heavy atom. The van der Waals surface area contributed by atoms with Gasteiger partial charge in [-0.05, 0) is 59.3 Å². The van der Waals surface area contributed by atoms with Crippen molar-refractivity contribution in [3.05, 3.63) is 60.7 Å². The van der Waals surface area contributed by atoms with Gasteiger partial charge in [-0.25, -0.2) is 9.69 Å². The van der Waals surface area contributed by atoms with Crippen molar-refractivity contribution in [2.45, 2.75) is 159 Å². The number of rotatable bonds is 18. The summed E-state index contributed by atoms with van der Waals surface area (Å²) in [5.74, 6) is -2.16. The van der Waals surface area contributed by atoms with E-state index in [9.17, 15) is 38.1 Å². The first-order valence-electron chi connectivity index (χ1n) is 24.6. The zero-order chi connectivity index (χ0) is 51.5. The molecule has 3 fully saturated rings. The van der Waals surface area contributed by atoms with Gasteiger partial charge in [-0.2, -0.15) is 32.6 Å². The number of unbranched alkanes of at least 4 members (excludes halogenated alkanes) is 3. The maximum Gasteiger partial charge on any atom is 0.471 e. The molecule has 7 rings (SSSR count). The second-order valence-corrected chi connectivity index (χ2v) is 28.6. The number of fused-ring (bicyclic) bond motifs is 2. The molecule has 23 heteroatoms. The first kappa shape index (κ1) is 54.4. The third-order valence-corrected chi connectivity index (χ3v) is 24.1. The molecule has 3 saturated heterocycles. The van der Waals surface area contributed by atoms with E-state index in [1.165, 1.54) is 11.2 Å². The van der Waals surface area contributed by atoms with Gasteiger partial charge in [0.05, 0.1) is 37.1 Å². The van der Waals surface area contributed by atoms with Gasteiger partial charge in [0.25, 0.3) is 11.7 Å². The van der Waals surface area contributed by atoms with E-state index in [-0.39, 0.29) is 71.6 Å². The molecule has 1 aromatic heterocycles. The molecule has 18 nitrogen and oxygen atoms in total. The summed E-state index contributed by atoms with van der Waals surface area (Å²) in [4.78, 5) is 41.7. The molecule has 390 valence electrons. The normalized spacial score (nSPS) is 26.9. The van der Waals surface area contributed by atoms with Crippen LogP contribution in [0.3, 0.4) is 0 Å². The third kappa shape index (κ3) is 11.0. The average Bonchev–Trinajstić information content (AvgIpc) is 3.99. The third-order valence-electron chi connectivity index (χ3n) is 13.8. The Morgan fingerprint density at radius 1 is 0.845 bits per heavy atom. The van der Waals surface area contributed by atoms with Crippen molar-refractivity contribution in [1.29, 1.82) is 0 Å². The van der Waals surface area contributed by atoms with Gasteiger partial charge in [-0.15, -0.1) is 0 Å². The van der Waals surface area contributed by atoms with Crippen molar-refractivity contribution < 1.29 is 65.3 Å². The number of amides is 2. The molecule has 2 aromatic carbocycles. The molecule has 1 unspecified atom stereocenters. The van der Waals surface area contributed by atoms with E-state index in [1.807, 2.05) is 17.4 Å². The molecule has 5 heterocycles. The number of halogens is 3. The van der Waals surface area contributed by atoms with Crippen LogP contribution in [-0.4, -0.2) is 136 Å². The van der Waals surface area contributed by atoms with Crippen LogP contribution in [0.5, 0.6) is 5.88 Å². The minimum atomic E-state index is -4.96. The van der Waals surface area contributed by atoms with Gasteiger partial charge in [-0.3, -0.25) is 4.79 Å². The number of benzene rings is 2. The Labute approximate surface area is 415 Å². The number of nitrogens with one attached hydrogen (secondary N) is 2. The predicted octanol–water partition coefficient (Wildman–Crippen LogP) is 7.96. The van der Waals surface area contributed by atoms with E-state index < -0.39 is 89.4 Å². The van der Waals surface area contributed by atoms with E-state index in [0.717, 1.165) is 0 Å². The maximum atomic E-state index is 14.6. The van der Waals surface area contributed by atoms with Gasteiger partial charge < -0.3 is 53.1 Å². The molecule has 0 spiro atoms. The Kier molecular flexibility index (Phi) is 17.1. The minimum Gasteiger partial charge on any atom is -0.414 e. The summed E-state index contributed by atoms with van der Waals surface area (Å²) < 4.78 is 78.9. The van der Waals surface area contributed by atoms with Crippen LogP contribution in [0, 0.1) is 0 Å². The van der Waals surface area contributed by atoms with Gasteiger partial charge in [0.2, 0.25) is 30.4 Å². The van der Waals surface area contributed by atoms with Crippen LogP contribution in [-0.2, 0) is 27.2 Å². The fourth-order valence-corrected chi connectivity index (χ4v) is 21.3. The molecule has 4 aliphatic rings. The zero-order valence-corrected chi connectivity index (χ0v) is 43.5. The number of nitrogens with zero attached hydrogens (tertiary/aromatic N) is 5. The highest BCUT2D eigenvalue weighted by Crippen LogP contribution is 2.53. The number of ether oxygens (including phenoxy) is 3. The maximum absolute atomic E-state index is 14.6. The van der Waals surface area contributed by atoms with Crippen molar-refractivity contribution in [2.75, 3.05) is 36.5 Å². The number of aliphatic imine (C=N–C) groups is 1. The van der Waals surface area contributed by atoms with E-state index in [4.69, 9.17) is 37.2 Å². The predicted molar refractivity (Wildman–Crippen MR) is 264 cm³/mol. The summed E-state index contributed by atoms with van der Waals surface area (Å²) in [6.07, 6.45) is -10.3. The molecule has 0 bridgehead atoms. The molecular formula is C48H69F3N7O11Si2+. The fraction of sp³-hybridized carbons (Fsp3) is 0.604. The Bertz CT molecular complexity index is 2270. The summed E-state index contributed by atoms with van der Waals surface area (Å²) >= 11 is 0. The Morgan fingerprint density at radius 3 is 1.99 bits per heavy atom. The molecule has 71 heavy (non-hydrogen) atoms. The topological polar surface area (TPSA) is 216 Å². The number of quaternary nitrogens is 1. The molecule has 8 atom stereocenters. The van der Waals surface area contributed by atoms with Crippen LogP contribution in [0.2, 0.25) is 22.2 Å². The lowest BCUT2D eigenvalue weighted by molar-refractivity contribution is -0.173. The van der Waals surface area contributed by atoms with Crippen molar-refractivity contribution in [3.63, 3.8) is 0 Å². The first-order chi connectivity index (χ1) is 33.7. The van der Waals surface area contributed by atoms with Gasteiger partial charge in [-0.1, -0.05) is 105 Å². The zero-order valence-electron chi connectivity index (χ0n) is 41.5. The number of carbonyl (C=O) groups is 2. The molecule has 0 saturated carbocycles. The summed E-state index contributed by atoms with van der Waals surface area (Å²) in [5.41, 5.74) is 0.918. The van der Waals surface area contributed by atoms with Gasteiger partial charge in [0.15, 0.2) is 6.10 Å². The van der Waals surface area contributed by atoms with Crippen molar-refractivity contribution in [1.82, 2.24) is 19.8 Å². The fourth-order valence-electron chi connectivity index (χ4n) is 10.1. The number of hydrogen-bond donors (Lipinski definition) is 5. The summed E-state index contributed by atoms with van der Waals surface area (Å²) in [6.45, 7) is 16.4. The summed E-state index contributed by atoms with van der Waals surface area (Å²) in [6, 6.07) is 17.8. The second-order valence-electron chi connectivity index (χ2n) is 19.8. The minimum absolute atomic E-state index is 0.0103. The second kappa shape index (κ2) is 22.4. The van der Waals surface area contributed by atoms with Crippen LogP contribution >= 0.6 is 0 Å². The van der Waals surface area contributed by atoms with Crippen LogP contribution in [0.4, 0.5) is 46.8 Å². The summed E-state index contributed by atoms with van der Waals surface area (Å²) in [7, 11) is -6.34. The SMILES string of the molecule is CC(C)[Si]1(C(C)C)OC[C@H]2O[C@@H]([N+]3([C@@H]4C[C@H](O)[C@@H](CO)O4)C=Nc4c(OC(=O)N(c5ccccc5)c5ccccc5)nc(NCCCCCCNC(=O)C(F)(F)F)nc43)[C@H](O)[C@@H]2O[Si](C(C)C)(C(C)C)O1. The number of carbonyl (C=O) groups excluding carboxylic acids is 2. The van der Waals surface area contributed by atoms with E-state index in [1.54, 1.807) is 48.5 Å². The standard InChI is InChI=1S/C48H68F3N7O11Si2/c1-29(2)70(30(3)4)64-27-37-41(68-71(69-70,31(5)6)32(7)8)40(61)44(66-37)58(38-25-35(60)36(26-59)65-38)28-54-39-42(58)55-46(53-24-18-10-9-17-23-52-45(62)48(49,50)51)56-43(39)67-47(63)57(33-19-13-11-14-20-33)34-21-15-12-16-22-34/h11-16,19-22,28-32,35-38,40-41,44,59-61H,9-10,17-18,23-27H2,1-8H3,(H-,52,53,55,56,62)/p+1/t35-,36+,37+,38-,40+,41+,44+,58?/m0/s1. The quantitative estimate of drug-likeness (QED) is 0.0465. The van der Waals surface area contributed by atoms with Crippen LogP contribution < -0.4 is 24.8 Å². The molecule has 2 amide bonds. The lowest BCUT2D eigenvalue weighted by atomic mass is 10.1. The van der Waals surface area contributed by atoms with E-state index >= 15 is 0 Å². The number of hydrogen-bond acceptors (Lipinski definition) is 15. The summed E-state index contributed by atoms with van der Waals surface area (Å²) in [5, 5.41) is 39.7. The highest BCUT2D eigenvalue weighted by atomic mass is 28.5. The molecule has 4 aliphatic heterocycles. The molecule has 5 N–H and O–H groups in total. The Balaban J connectivity index is 1.29. The Hall–Kier alpha value is -4.41. The molecule has 0 aliphatic carbocycles. The number of alkyl halides is 3. The van der Waals surface area contributed by atoms with Crippen molar-refractivity contribution in [2.24, 2.45) is 4.99 Å². The van der Waals surface area contributed by atoms with Crippen molar-refractivity contribution in [3.8, 4) is 5.88 Å². The number of aromatic nitrogens is 2. The number of aliphatic hydroxyl groups excluding tert-OH is 3. The first-order valence-corrected chi connectivity index (χ1v) is 28.5. The molecular weight excluding hydrogens is 964 g/mol. The van der Waals surface area contributed by atoms with Crippen molar-refractivity contribution >= 4 is 64.3 Å². The molecule has 0 radical (unpaired) electrons. The van der Waals surface area contributed by atoms with Gasteiger partial charge in [0, 0.05) is 13.1 Å². The lowest BCUT2D eigenvalue weighted by Crippen LogP contribution is -2.67. The number of para-hydroxylation sites is 2. The van der Waals surface area contributed by atoms with Crippen LogP contribution in [0.15, 0.2) is 65.7 Å². The van der Waals surface area contributed by atoms with E-state index in [2.05, 4.69) is 65.7 Å². The smallest absolute Gasteiger partial charge is 0.414 e. The van der Waals surface area contributed by atoms with Gasteiger partial charge >= 0.3 is 35.3 Å². The highest BCUT2D eigenvalue weighted by molar-refractivity contribution is 6.84. The van der Waals surface area contributed by atoms with Crippen LogP contribution in [0.1, 0.15) is 87.5 Å². The lowest BCUT2D eigenvalue weighted by Gasteiger charge is -2.51. The van der Waals surface area contributed by atoms with Crippen LogP contribution in [0.25, 0.3) is 0 Å². The highest BCUT2D eigenvalue weighted by Gasteiger charge is 2.68. The van der Waals surface area contributed by atoms with Gasteiger partial charge in [0.1, 0.15) is 18.3 Å². The molecule has 3 aromatic rings. The van der Waals surface area contributed by atoms with E-state index in [0.29, 0.717) is 37.1 Å². The largest absolute Gasteiger partial charge is 0.471 e. The number of aliphatic hydroxyl groups is 3.